The third-order valence-corrected chi connectivity index (χ3v) is 4.97. The quantitative estimate of drug-likeness (QED) is 0.664. The van der Waals surface area contributed by atoms with Crippen LogP contribution in [0.2, 0.25) is 0 Å². The van der Waals surface area contributed by atoms with Crippen molar-refractivity contribution in [2.75, 3.05) is 18.8 Å². The fraction of sp³-hybridized carbons (Fsp3) is 1.00. The van der Waals surface area contributed by atoms with Gasteiger partial charge in [-0.2, -0.15) is 0 Å². The second kappa shape index (κ2) is 7.46. The third-order valence-electron chi connectivity index (χ3n) is 3.54. The zero-order chi connectivity index (χ0) is 13.6. The Morgan fingerprint density at radius 2 is 2.00 bits per heavy atom. The summed E-state index contributed by atoms with van der Waals surface area (Å²) in [5.41, 5.74) is 0. The molecule has 0 heterocycles. The molecule has 0 aromatic heterocycles. The van der Waals surface area contributed by atoms with Gasteiger partial charge in [-0.05, 0) is 37.6 Å². The average molecular weight is 276 g/mol. The Balaban J connectivity index is 2.15. The van der Waals surface area contributed by atoms with Gasteiger partial charge in [0.1, 0.15) is 0 Å². The molecule has 18 heavy (non-hydrogen) atoms. The lowest BCUT2D eigenvalue weighted by Crippen LogP contribution is -2.32. The largest absolute Gasteiger partial charge is 0.314 e. The maximum Gasteiger partial charge on any atom is 0.211 e. The first kappa shape index (κ1) is 15.9. The van der Waals surface area contributed by atoms with E-state index in [0.717, 1.165) is 18.9 Å². The van der Waals surface area contributed by atoms with Crippen molar-refractivity contribution in [2.24, 2.45) is 11.8 Å². The van der Waals surface area contributed by atoms with Gasteiger partial charge in [-0.15, -0.1) is 0 Å². The normalized spacial score (nSPS) is 24.9. The summed E-state index contributed by atoms with van der Waals surface area (Å²) in [5.74, 6) is 1.54. The first-order chi connectivity index (χ1) is 8.39. The van der Waals surface area contributed by atoms with E-state index < -0.39 is 10.0 Å². The van der Waals surface area contributed by atoms with Gasteiger partial charge in [0.05, 0.1) is 5.75 Å². The van der Waals surface area contributed by atoms with Gasteiger partial charge in [0.2, 0.25) is 10.0 Å². The Bertz CT molecular complexity index is 328. The van der Waals surface area contributed by atoms with Gasteiger partial charge in [0.15, 0.2) is 0 Å². The SMILES string of the molecule is CC1CCC(CNS(=O)(=O)CCCNC(C)C)C1. The molecule has 108 valence electrons. The fourth-order valence-electron chi connectivity index (χ4n) is 2.48. The lowest BCUT2D eigenvalue weighted by Gasteiger charge is -2.12. The molecule has 1 rings (SSSR count). The van der Waals surface area contributed by atoms with Crippen LogP contribution in [0, 0.1) is 11.8 Å². The van der Waals surface area contributed by atoms with E-state index in [9.17, 15) is 8.42 Å². The van der Waals surface area contributed by atoms with Crippen molar-refractivity contribution in [3.05, 3.63) is 0 Å². The predicted octanol–water partition coefficient (Wildman–Crippen LogP) is 1.73. The van der Waals surface area contributed by atoms with E-state index in [1.54, 1.807) is 0 Å². The standard InChI is InChI=1S/C13H28N2O2S/c1-11(2)14-7-4-8-18(16,17)15-10-13-6-5-12(3)9-13/h11-15H,4-10H2,1-3H3. The van der Waals surface area contributed by atoms with Gasteiger partial charge >= 0.3 is 0 Å². The molecule has 1 saturated carbocycles. The molecular weight excluding hydrogens is 248 g/mol. The molecule has 0 amide bonds. The van der Waals surface area contributed by atoms with E-state index in [0.29, 0.717) is 24.9 Å². The summed E-state index contributed by atoms with van der Waals surface area (Å²) >= 11 is 0. The van der Waals surface area contributed by atoms with Crippen LogP contribution in [-0.4, -0.2) is 33.3 Å². The maximum absolute atomic E-state index is 11.8. The molecule has 1 fully saturated rings. The van der Waals surface area contributed by atoms with Gasteiger partial charge in [0.25, 0.3) is 0 Å². The predicted molar refractivity (Wildman–Crippen MR) is 76.1 cm³/mol. The lowest BCUT2D eigenvalue weighted by atomic mass is 10.1. The summed E-state index contributed by atoms with van der Waals surface area (Å²) < 4.78 is 26.3. The summed E-state index contributed by atoms with van der Waals surface area (Å²) in [6.07, 6.45) is 4.25. The van der Waals surface area contributed by atoms with Crippen molar-refractivity contribution in [3.63, 3.8) is 0 Å². The second-order valence-corrected chi connectivity index (χ2v) is 7.84. The number of hydrogen-bond acceptors (Lipinski definition) is 3. The fourth-order valence-corrected chi connectivity index (χ4v) is 3.64. The molecule has 0 spiro atoms. The summed E-state index contributed by atoms with van der Waals surface area (Å²) in [5, 5.41) is 3.23. The lowest BCUT2D eigenvalue weighted by molar-refractivity contribution is 0.497. The highest BCUT2D eigenvalue weighted by Crippen LogP contribution is 2.29. The summed E-state index contributed by atoms with van der Waals surface area (Å²) in [4.78, 5) is 0. The van der Waals surface area contributed by atoms with Crippen LogP contribution in [0.4, 0.5) is 0 Å². The Morgan fingerprint density at radius 1 is 1.28 bits per heavy atom. The minimum Gasteiger partial charge on any atom is -0.314 e. The van der Waals surface area contributed by atoms with E-state index in [-0.39, 0.29) is 5.75 Å². The summed E-state index contributed by atoms with van der Waals surface area (Å²) in [7, 11) is -3.07. The van der Waals surface area contributed by atoms with Crippen molar-refractivity contribution >= 4 is 10.0 Å². The Labute approximate surface area is 112 Å². The zero-order valence-corrected chi connectivity index (χ0v) is 12.7. The maximum atomic E-state index is 11.8. The summed E-state index contributed by atoms with van der Waals surface area (Å²) in [6.45, 7) is 7.76. The highest BCUT2D eigenvalue weighted by Gasteiger charge is 2.22. The molecular formula is C13H28N2O2S. The van der Waals surface area contributed by atoms with Crippen molar-refractivity contribution in [2.45, 2.75) is 52.5 Å². The van der Waals surface area contributed by atoms with E-state index >= 15 is 0 Å². The van der Waals surface area contributed by atoms with E-state index in [1.165, 1.54) is 12.8 Å². The average Bonchev–Trinajstić information content (AvgIpc) is 2.68. The molecule has 1 aliphatic carbocycles. The molecule has 0 radical (unpaired) electrons. The molecule has 2 N–H and O–H groups in total. The Hall–Kier alpha value is -0.130. The van der Waals surface area contributed by atoms with Crippen molar-refractivity contribution in [1.29, 1.82) is 0 Å². The number of rotatable bonds is 8. The van der Waals surface area contributed by atoms with Crippen molar-refractivity contribution in [3.8, 4) is 0 Å². The number of hydrogen-bond donors (Lipinski definition) is 2. The van der Waals surface area contributed by atoms with Crippen molar-refractivity contribution in [1.82, 2.24) is 10.0 Å². The molecule has 4 nitrogen and oxygen atoms in total. The van der Waals surface area contributed by atoms with E-state index in [4.69, 9.17) is 0 Å². The smallest absolute Gasteiger partial charge is 0.211 e. The second-order valence-electron chi connectivity index (χ2n) is 5.91. The topological polar surface area (TPSA) is 58.2 Å². The third kappa shape index (κ3) is 6.71. The van der Waals surface area contributed by atoms with Gasteiger partial charge in [0, 0.05) is 12.6 Å². The van der Waals surface area contributed by atoms with Gasteiger partial charge < -0.3 is 5.32 Å². The Kier molecular flexibility index (Phi) is 6.60. The van der Waals surface area contributed by atoms with E-state index in [1.807, 2.05) is 0 Å². The highest BCUT2D eigenvalue weighted by atomic mass is 32.2. The van der Waals surface area contributed by atoms with Crippen LogP contribution in [-0.2, 0) is 10.0 Å². The first-order valence-corrected chi connectivity index (χ1v) is 8.75. The zero-order valence-electron chi connectivity index (χ0n) is 11.9. The van der Waals surface area contributed by atoms with Gasteiger partial charge in [-0.25, -0.2) is 13.1 Å². The van der Waals surface area contributed by atoms with Crippen LogP contribution in [0.15, 0.2) is 0 Å². The molecule has 1 aliphatic rings. The van der Waals surface area contributed by atoms with Crippen LogP contribution < -0.4 is 10.0 Å². The molecule has 0 aliphatic heterocycles. The van der Waals surface area contributed by atoms with Crippen LogP contribution in [0.1, 0.15) is 46.5 Å². The van der Waals surface area contributed by atoms with Gasteiger partial charge in [-0.3, -0.25) is 0 Å². The first-order valence-electron chi connectivity index (χ1n) is 7.10. The monoisotopic (exact) mass is 276 g/mol. The molecule has 5 heteroatoms. The molecule has 2 atom stereocenters. The Morgan fingerprint density at radius 3 is 2.56 bits per heavy atom. The minimum atomic E-state index is -3.07. The van der Waals surface area contributed by atoms with Crippen LogP contribution >= 0.6 is 0 Å². The molecule has 2 unspecified atom stereocenters. The van der Waals surface area contributed by atoms with Gasteiger partial charge in [-0.1, -0.05) is 27.2 Å². The number of sulfonamides is 1. The van der Waals surface area contributed by atoms with Crippen LogP contribution in [0.3, 0.4) is 0 Å². The molecule has 0 aromatic rings. The highest BCUT2D eigenvalue weighted by molar-refractivity contribution is 7.89. The number of nitrogens with one attached hydrogen (secondary N) is 2. The summed E-state index contributed by atoms with van der Waals surface area (Å²) in [6, 6.07) is 0.417. The molecule has 0 aromatic carbocycles. The van der Waals surface area contributed by atoms with E-state index in [2.05, 4.69) is 30.8 Å². The van der Waals surface area contributed by atoms with Crippen molar-refractivity contribution < 1.29 is 8.42 Å². The molecule has 0 saturated heterocycles. The molecule has 0 bridgehead atoms. The van der Waals surface area contributed by atoms with Crippen LogP contribution in [0.25, 0.3) is 0 Å². The van der Waals surface area contributed by atoms with Crippen LogP contribution in [0.5, 0.6) is 0 Å². The minimum absolute atomic E-state index is 0.231.